The van der Waals surface area contributed by atoms with Crippen LogP contribution in [-0.2, 0) is 0 Å². The van der Waals surface area contributed by atoms with Crippen molar-refractivity contribution in [2.45, 2.75) is 0 Å². The molecule has 3 aromatic rings. The van der Waals surface area contributed by atoms with Gasteiger partial charge in [-0.15, -0.1) is 0 Å². The standard InChI is InChI=1S/C25H18O8/c26-17-6-1-14(2-7-17)21(28)12-23(30)16-5-10-19(25(32)33)20(11-16)24(31)13-22(29)15-3-8-18(27)9-4-15/h1-13,26-29H,(H,32,33). The van der Waals surface area contributed by atoms with Gasteiger partial charge in [0, 0.05) is 34.4 Å². The molecule has 0 fully saturated rings. The Morgan fingerprint density at radius 1 is 0.545 bits per heavy atom. The summed E-state index contributed by atoms with van der Waals surface area (Å²) in [7, 11) is 0. The highest BCUT2D eigenvalue weighted by molar-refractivity contribution is 6.15. The van der Waals surface area contributed by atoms with Gasteiger partial charge in [-0.25, -0.2) is 4.79 Å². The number of carbonyl (C=O) groups excluding carboxylic acids is 2. The summed E-state index contributed by atoms with van der Waals surface area (Å²) in [5, 5.41) is 48.4. The molecule has 8 nitrogen and oxygen atoms in total. The van der Waals surface area contributed by atoms with E-state index in [0.29, 0.717) is 0 Å². The van der Waals surface area contributed by atoms with Gasteiger partial charge in [0.1, 0.15) is 23.0 Å². The van der Waals surface area contributed by atoms with Crippen LogP contribution in [0.15, 0.2) is 78.9 Å². The Kier molecular flexibility index (Phi) is 6.59. The highest BCUT2D eigenvalue weighted by Crippen LogP contribution is 2.21. The van der Waals surface area contributed by atoms with Gasteiger partial charge in [0.2, 0.25) is 0 Å². The first-order valence-electron chi connectivity index (χ1n) is 9.52. The molecule has 0 unspecified atom stereocenters. The third-order valence-corrected chi connectivity index (χ3v) is 4.66. The zero-order valence-corrected chi connectivity index (χ0v) is 17.0. The van der Waals surface area contributed by atoms with Crippen LogP contribution in [0.25, 0.3) is 11.5 Å². The summed E-state index contributed by atoms with van der Waals surface area (Å²) in [6.07, 6.45) is 1.71. The van der Waals surface area contributed by atoms with E-state index in [0.717, 1.165) is 24.3 Å². The molecule has 0 amide bonds. The predicted molar refractivity (Wildman–Crippen MR) is 119 cm³/mol. The summed E-state index contributed by atoms with van der Waals surface area (Å²) in [6.45, 7) is 0. The molecule has 0 atom stereocenters. The first-order valence-corrected chi connectivity index (χ1v) is 9.52. The second-order valence-corrected chi connectivity index (χ2v) is 6.95. The van der Waals surface area contributed by atoms with Crippen molar-refractivity contribution in [3.8, 4) is 11.5 Å². The van der Waals surface area contributed by atoms with Crippen LogP contribution in [-0.4, -0.2) is 43.1 Å². The molecule has 3 rings (SSSR count). The number of carboxylic acid groups (broad SMARTS) is 1. The predicted octanol–water partition coefficient (Wildman–Crippen LogP) is 4.36. The van der Waals surface area contributed by atoms with Crippen molar-refractivity contribution in [1.29, 1.82) is 0 Å². The van der Waals surface area contributed by atoms with Crippen LogP contribution in [0.5, 0.6) is 11.5 Å². The van der Waals surface area contributed by atoms with E-state index in [1.165, 1.54) is 54.6 Å². The number of benzene rings is 3. The fraction of sp³-hybridized carbons (Fsp3) is 0. The lowest BCUT2D eigenvalue weighted by Gasteiger charge is -2.07. The largest absolute Gasteiger partial charge is 0.508 e. The average Bonchev–Trinajstić information content (AvgIpc) is 2.79. The fourth-order valence-electron chi connectivity index (χ4n) is 2.93. The van der Waals surface area contributed by atoms with Gasteiger partial charge in [-0.2, -0.15) is 0 Å². The minimum atomic E-state index is -1.41. The molecule has 0 spiro atoms. The molecule has 0 aromatic heterocycles. The summed E-state index contributed by atoms with van der Waals surface area (Å²) in [4.78, 5) is 36.9. The molecule has 0 radical (unpaired) electrons. The summed E-state index contributed by atoms with van der Waals surface area (Å²) >= 11 is 0. The van der Waals surface area contributed by atoms with Crippen molar-refractivity contribution in [3.63, 3.8) is 0 Å². The van der Waals surface area contributed by atoms with Gasteiger partial charge in [-0.1, -0.05) is 6.07 Å². The fourth-order valence-corrected chi connectivity index (χ4v) is 2.93. The number of aliphatic hydroxyl groups is 2. The molecular formula is C25H18O8. The number of aliphatic hydroxyl groups excluding tert-OH is 2. The number of ketones is 2. The molecule has 8 heteroatoms. The van der Waals surface area contributed by atoms with Crippen molar-refractivity contribution in [1.82, 2.24) is 0 Å². The molecule has 166 valence electrons. The quantitative estimate of drug-likeness (QED) is 0.204. The Morgan fingerprint density at radius 3 is 1.42 bits per heavy atom. The molecule has 3 aromatic carbocycles. The first-order chi connectivity index (χ1) is 15.7. The number of hydrogen-bond acceptors (Lipinski definition) is 7. The normalized spacial score (nSPS) is 11.8. The van der Waals surface area contributed by atoms with Crippen LogP contribution in [0.3, 0.4) is 0 Å². The molecule has 33 heavy (non-hydrogen) atoms. The summed E-state index contributed by atoms with van der Waals surface area (Å²) in [5.41, 5.74) is -0.297. The number of phenolic OH excluding ortho intramolecular Hbond substituents is 2. The lowest BCUT2D eigenvalue weighted by atomic mass is 9.97. The molecular weight excluding hydrogens is 428 g/mol. The Morgan fingerprint density at radius 2 is 0.970 bits per heavy atom. The Balaban J connectivity index is 1.95. The smallest absolute Gasteiger partial charge is 0.336 e. The van der Waals surface area contributed by atoms with Crippen LogP contribution >= 0.6 is 0 Å². The summed E-state index contributed by atoms with van der Waals surface area (Å²) in [5.74, 6) is -3.87. The number of allylic oxidation sites excluding steroid dienone is 2. The second kappa shape index (κ2) is 9.52. The molecule has 0 saturated carbocycles. The van der Waals surface area contributed by atoms with Crippen LogP contribution in [0.1, 0.15) is 42.2 Å². The zero-order chi connectivity index (χ0) is 24.1. The number of phenols is 2. The van der Waals surface area contributed by atoms with E-state index in [9.17, 15) is 39.9 Å². The molecule has 0 heterocycles. The van der Waals surface area contributed by atoms with Crippen LogP contribution in [0.2, 0.25) is 0 Å². The Labute approximate surface area is 187 Å². The van der Waals surface area contributed by atoms with Gasteiger partial charge in [-0.05, 0) is 60.7 Å². The second-order valence-electron chi connectivity index (χ2n) is 6.95. The topological polar surface area (TPSA) is 152 Å². The van der Waals surface area contributed by atoms with Gasteiger partial charge in [0.25, 0.3) is 0 Å². The van der Waals surface area contributed by atoms with Crippen LogP contribution in [0.4, 0.5) is 0 Å². The number of rotatable bonds is 7. The maximum atomic E-state index is 12.7. The Bertz CT molecular complexity index is 1280. The summed E-state index contributed by atoms with van der Waals surface area (Å²) in [6, 6.07) is 14.1. The van der Waals surface area contributed by atoms with Crippen LogP contribution in [0, 0.1) is 0 Å². The SMILES string of the molecule is O=C(C=C(O)c1ccc(O)cc1)c1ccc(C(=O)O)c(C(=O)C=C(O)c2ccc(O)cc2)c1. The van der Waals surface area contributed by atoms with E-state index >= 15 is 0 Å². The van der Waals surface area contributed by atoms with Gasteiger partial charge < -0.3 is 25.5 Å². The number of carbonyl (C=O) groups is 3. The van der Waals surface area contributed by atoms with Crippen molar-refractivity contribution in [3.05, 3.63) is 107 Å². The van der Waals surface area contributed by atoms with Crippen molar-refractivity contribution < 1.29 is 39.9 Å². The van der Waals surface area contributed by atoms with Crippen molar-refractivity contribution >= 4 is 29.1 Å². The lowest BCUT2D eigenvalue weighted by Crippen LogP contribution is -2.10. The van der Waals surface area contributed by atoms with Crippen molar-refractivity contribution in [2.75, 3.05) is 0 Å². The molecule has 5 N–H and O–H groups in total. The highest BCUT2D eigenvalue weighted by atomic mass is 16.4. The van der Waals surface area contributed by atoms with Crippen LogP contribution < -0.4 is 0 Å². The lowest BCUT2D eigenvalue weighted by molar-refractivity contribution is 0.0692. The van der Waals surface area contributed by atoms with E-state index < -0.39 is 23.3 Å². The van der Waals surface area contributed by atoms with Gasteiger partial charge >= 0.3 is 5.97 Å². The monoisotopic (exact) mass is 446 g/mol. The van der Waals surface area contributed by atoms with E-state index in [4.69, 9.17) is 0 Å². The van der Waals surface area contributed by atoms with Gasteiger partial charge in [-0.3, -0.25) is 9.59 Å². The van der Waals surface area contributed by atoms with E-state index in [-0.39, 0.29) is 45.1 Å². The third-order valence-electron chi connectivity index (χ3n) is 4.66. The molecule has 0 aliphatic carbocycles. The molecule has 0 bridgehead atoms. The molecule has 0 aliphatic heterocycles. The molecule has 0 saturated heterocycles. The summed E-state index contributed by atoms with van der Waals surface area (Å²) < 4.78 is 0. The van der Waals surface area contributed by atoms with Gasteiger partial charge in [0.15, 0.2) is 11.6 Å². The minimum absolute atomic E-state index is 0.0195. The maximum absolute atomic E-state index is 12.7. The van der Waals surface area contributed by atoms with E-state index in [2.05, 4.69) is 0 Å². The Hall–Kier alpha value is -4.85. The number of aromatic hydroxyl groups is 2. The van der Waals surface area contributed by atoms with E-state index in [1.807, 2.05) is 0 Å². The molecule has 0 aliphatic rings. The van der Waals surface area contributed by atoms with Gasteiger partial charge in [0.05, 0.1) is 5.56 Å². The first kappa shape index (κ1) is 22.8. The third kappa shape index (κ3) is 5.45. The van der Waals surface area contributed by atoms with Crippen molar-refractivity contribution in [2.24, 2.45) is 0 Å². The number of aromatic carboxylic acids is 1. The minimum Gasteiger partial charge on any atom is -0.508 e. The maximum Gasteiger partial charge on any atom is 0.336 e. The highest BCUT2D eigenvalue weighted by Gasteiger charge is 2.19. The number of carboxylic acids is 1. The number of hydrogen-bond donors (Lipinski definition) is 5. The zero-order valence-electron chi connectivity index (χ0n) is 17.0. The van der Waals surface area contributed by atoms with E-state index in [1.54, 1.807) is 0 Å². The average molecular weight is 446 g/mol.